The highest BCUT2D eigenvalue weighted by molar-refractivity contribution is 6.00. The molecule has 2 heterocycles. The minimum absolute atomic E-state index is 0.0541. The predicted molar refractivity (Wildman–Crippen MR) is 108 cm³/mol. The van der Waals surface area contributed by atoms with Crippen molar-refractivity contribution in [1.82, 2.24) is 4.90 Å². The highest BCUT2D eigenvalue weighted by Crippen LogP contribution is 2.42. The molecule has 9 heteroatoms. The van der Waals surface area contributed by atoms with Crippen molar-refractivity contribution in [3.05, 3.63) is 12.1 Å². The fourth-order valence-corrected chi connectivity index (χ4v) is 4.11. The van der Waals surface area contributed by atoms with E-state index in [1.807, 2.05) is 0 Å². The zero-order chi connectivity index (χ0) is 21.8. The van der Waals surface area contributed by atoms with Gasteiger partial charge in [-0.3, -0.25) is 14.4 Å². The molecule has 30 heavy (non-hydrogen) atoms. The summed E-state index contributed by atoms with van der Waals surface area (Å²) in [5.41, 5.74) is 0.592. The van der Waals surface area contributed by atoms with Crippen molar-refractivity contribution in [3.8, 4) is 17.2 Å². The van der Waals surface area contributed by atoms with Crippen molar-refractivity contribution >= 4 is 23.5 Å². The van der Waals surface area contributed by atoms with Crippen LogP contribution >= 0.6 is 0 Å². The zero-order valence-corrected chi connectivity index (χ0v) is 17.8. The van der Waals surface area contributed by atoms with E-state index in [-0.39, 0.29) is 36.7 Å². The number of nitrogens with zero attached hydrogens (tertiary/aromatic N) is 2. The van der Waals surface area contributed by atoms with Gasteiger partial charge in [0.1, 0.15) is 0 Å². The summed E-state index contributed by atoms with van der Waals surface area (Å²) in [5.74, 6) is 0.321. The molecule has 2 saturated heterocycles. The Morgan fingerprint density at radius 3 is 2.03 bits per heavy atom. The van der Waals surface area contributed by atoms with Crippen molar-refractivity contribution in [2.75, 3.05) is 53.0 Å². The first-order chi connectivity index (χ1) is 14.4. The monoisotopic (exact) mass is 420 g/mol. The van der Waals surface area contributed by atoms with Gasteiger partial charge >= 0.3 is 5.97 Å². The van der Waals surface area contributed by atoms with Crippen LogP contribution in [-0.2, 0) is 19.1 Å². The van der Waals surface area contributed by atoms with E-state index in [2.05, 4.69) is 0 Å². The number of hydrogen-bond donors (Lipinski definition) is 0. The standard InChI is InChI=1S/C21H28N2O7/c1-27-16-10-15(11-17(28-2)19(16)29-3)23-12-14(9-18(23)24)20(25)22-7-5-13(6-8-22)21(26)30-4/h10-11,13-14H,5-9,12H2,1-4H3. The molecule has 164 valence electrons. The van der Waals surface area contributed by atoms with Gasteiger partial charge in [0.15, 0.2) is 11.5 Å². The van der Waals surface area contributed by atoms with E-state index in [4.69, 9.17) is 18.9 Å². The van der Waals surface area contributed by atoms with Crippen LogP contribution in [0.2, 0.25) is 0 Å². The second-order valence-electron chi connectivity index (χ2n) is 7.41. The number of methoxy groups -OCH3 is 4. The smallest absolute Gasteiger partial charge is 0.308 e. The lowest BCUT2D eigenvalue weighted by molar-refractivity contribution is -0.149. The number of piperidine rings is 1. The van der Waals surface area contributed by atoms with E-state index in [9.17, 15) is 14.4 Å². The van der Waals surface area contributed by atoms with Crippen LogP contribution in [0.5, 0.6) is 17.2 Å². The van der Waals surface area contributed by atoms with E-state index in [1.165, 1.54) is 28.4 Å². The molecular formula is C21H28N2O7. The minimum Gasteiger partial charge on any atom is -0.493 e. The Morgan fingerprint density at radius 2 is 1.53 bits per heavy atom. The number of esters is 1. The van der Waals surface area contributed by atoms with Crippen LogP contribution in [0.3, 0.4) is 0 Å². The Hall–Kier alpha value is -2.97. The number of ether oxygens (including phenoxy) is 4. The van der Waals surface area contributed by atoms with Crippen LogP contribution in [0, 0.1) is 11.8 Å². The van der Waals surface area contributed by atoms with Crippen LogP contribution < -0.4 is 19.1 Å². The summed E-state index contributed by atoms with van der Waals surface area (Å²) in [5, 5.41) is 0. The van der Waals surface area contributed by atoms with E-state index in [1.54, 1.807) is 21.9 Å². The van der Waals surface area contributed by atoms with Gasteiger partial charge in [-0.2, -0.15) is 0 Å². The third kappa shape index (κ3) is 4.15. The number of carbonyl (C=O) groups is 3. The Labute approximate surface area is 175 Å². The van der Waals surface area contributed by atoms with Gasteiger partial charge in [0.25, 0.3) is 0 Å². The van der Waals surface area contributed by atoms with Gasteiger partial charge < -0.3 is 28.7 Å². The summed E-state index contributed by atoms with van der Waals surface area (Å²) in [6, 6.07) is 3.40. The van der Waals surface area contributed by atoms with Crippen LogP contribution in [0.15, 0.2) is 12.1 Å². The van der Waals surface area contributed by atoms with E-state index < -0.39 is 5.92 Å². The number of likely N-dealkylation sites (tertiary alicyclic amines) is 1. The lowest BCUT2D eigenvalue weighted by Gasteiger charge is -2.32. The first kappa shape index (κ1) is 21.7. The van der Waals surface area contributed by atoms with Crippen molar-refractivity contribution in [3.63, 3.8) is 0 Å². The summed E-state index contributed by atoms with van der Waals surface area (Å²) < 4.78 is 20.9. The molecule has 3 rings (SSSR count). The average Bonchev–Trinajstić information content (AvgIpc) is 3.18. The fraction of sp³-hybridized carbons (Fsp3) is 0.571. The molecule has 9 nitrogen and oxygen atoms in total. The van der Waals surface area contributed by atoms with Crippen LogP contribution in [0.1, 0.15) is 19.3 Å². The van der Waals surface area contributed by atoms with E-state index in [0.29, 0.717) is 48.9 Å². The first-order valence-corrected chi connectivity index (χ1v) is 9.90. The van der Waals surface area contributed by atoms with Gasteiger partial charge in [0.2, 0.25) is 17.6 Å². The topological polar surface area (TPSA) is 94.6 Å². The third-order valence-electron chi connectivity index (χ3n) is 5.78. The maximum absolute atomic E-state index is 13.0. The Balaban J connectivity index is 1.71. The summed E-state index contributed by atoms with van der Waals surface area (Å²) in [6.07, 6.45) is 1.30. The largest absolute Gasteiger partial charge is 0.493 e. The van der Waals surface area contributed by atoms with Gasteiger partial charge in [0.05, 0.1) is 46.0 Å². The molecular weight excluding hydrogens is 392 g/mol. The van der Waals surface area contributed by atoms with E-state index in [0.717, 1.165) is 0 Å². The Bertz CT molecular complexity index is 793. The quantitative estimate of drug-likeness (QED) is 0.644. The molecule has 1 aromatic carbocycles. The maximum atomic E-state index is 13.0. The lowest BCUT2D eigenvalue weighted by Crippen LogP contribution is -2.43. The van der Waals surface area contributed by atoms with Crippen LogP contribution in [0.4, 0.5) is 5.69 Å². The first-order valence-electron chi connectivity index (χ1n) is 9.90. The van der Waals surface area contributed by atoms with Gasteiger partial charge in [0, 0.05) is 38.2 Å². The van der Waals surface area contributed by atoms with Crippen LogP contribution in [0.25, 0.3) is 0 Å². The highest BCUT2D eigenvalue weighted by atomic mass is 16.5. The number of benzene rings is 1. The molecule has 1 atom stereocenters. The molecule has 0 spiro atoms. The third-order valence-corrected chi connectivity index (χ3v) is 5.78. The lowest BCUT2D eigenvalue weighted by atomic mass is 9.95. The van der Waals surface area contributed by atoms with Gasteiger partial charge in [-0.1, -0.05) is 0 Å². The van der Waals surface area contributed by atoms with Crippen molar-refractivity contribution in [2.45, 2.75) is 19.3 Å². The fourth-order valence-electron chi connectivity index (χ4n) is 4.11. The molecule has 2 fully saturated rings. The summed E-state index contributed by atoms with van der Waals surface area (Å²) in [7, 11) is 5.91. The molecule has 1 aromatic rings. The van der Waals surface area contributed by atoms with Gasteiger partial charge in [-0.25, -0.2) is 0 Å². The SMILES string of the molecule is COC(=O)C1CCN(C(=O)C2CC(=O)N(c3cc(OC)c(OC)c(OC)c3)C2)CC1. The van der Waals surface area contributed by atoms with Gasteiger partial charge in [-0.05, 0) is 12.8 Å². The normalized spacial score (nSPS) is 19.6. The predicted octanol–water partition coefficient (Wildman–Crippen LogP) is 1.48. The second kappa shape index (κ2) is 9.23. The molecule has 2 aliphatic heterocycles. The van der Waals surface area contributed by atoms with Gasteiger partial charge in [-0.15, -0.1) is 0 Å². The summed E-state index contributed by atoms with van der Waals surface area (Å²) in [4.78, 5) is 40.7. The number of carbonyl (C=O) groups excluding carboxylic acids is 3. The summed E-state index contributed by atoms with van der Waals surface area (Å²) in [6.45, 7) is 1.27. The number of amides is 2. The maximum Gasteiger partial charge on any atom is 0.308 e. The van der Waals surface area contributed by atoms with Crippen molar-refractivity contribution in [1.29, 1.82) is 0 Å². The van der Waals surface area contributed by atoms with Crippen molar-refractivity contribution < 1.29 is 33.3 Å². The molecule has 0 saturated carbocycles. The molecule has 2 aliphatic rings. The van der Waals surface area contributed by atoms with Crippen LogP contribution in [-0.4, -0.2) is 70.8 Å². The number of rotatable bonds is 6. The molecule has 2 amide bonds. The number of anilines is 1. The molecule has 1 unspecified atom stereocenters. The Morgan fingerprint density at radius 1 is 0.933 bits per heavy atom. The Kier molecular flexibility index (Phi) is 6.69. The minimum atomic E-state index is -0.425. The molecule has 0 aliphatic carbocycles. The van der Waals surface area contributed by atoms with Crippen molar-refractivity contribution in [2.24, 2.45) is 11.8 Å². The highest BCUT2D eigenvalue weighted by Gasteiger charge is 2.39. The molecule has 0 bridgehead atoms. The zero-order valence-electron chi connectivity index (χ0n) is 17.8. The summed E-state index contributed by atoms with van der Waals surface area (Å²) >= 11 is 0. The molecule has 0 aromatic heterocycles. The van der Waals surface area contributed by atoms with E-state index >= 15 is 0 Å². The molecule has 0 radical (unpaired) electrons. The second-order valence-corrected chi connectivity index (χ2v) is 7.41. The average molecular weight is 420 g/mol. The number of hydrogen-bond acceptors (Lipinski definition) is 7. The molecule has 0 N–H and O–H groups in total.